The summed E-state index contributed by atoms with van der Waals surface area (Å²) in [6, 6.07) is 2.62. The molecule has 0 saturated heterocycles. The lowest BCUT2D eigenvalue weighted by molar-refractivity contribution is -0.140. The lowest BCUT2D eigenvalue weighted by Crippen LogP contribution is -2.08. The number of rotatable bonds is 2. The van der Waals surface area contributed by atoms with Crippen LogP contribution in [0.5, 0.6) is 0 Å². The van der Waals surface area contributed by atoms with Gasteiger partial charge in [0, 0.05) is 18.6 Å². The second kappa shape index (κ2) is 5.69. The molecule has 0 atom stereocenters. The number of alkyl halides is 3. The van der Waals surface area contributed by atoms with Crippen molar-refractivity contribution in [3.63, 3.8) is 0 Å². The molecule has 0 aliphatic heterocycles. The molecule has 92 valence electrons. The molecular weight excluding hydrogens is 236 g/mol. The Morgan fingerprint density at radius 3 is 2.53 bits per heavy atom. The molecule has 0 radical (unpaired) electrons. The predicted molar refractivity (Wildman–Crippen MR) is 54.6 cm³/mol. The van der Waals surface area contributed by atoms with Crippen molar-refractivity contribution >= 4 is 0 Å². The summed E-state index contributed by atoms with van der Waals surface area (Å²) in [6.45, 7) is -0.0219. The van der Waals surface area contributed by atoms with Gasteiger partial charge in [-0.25, -0.2) is 4.39 Å². The summed E-state index contributed by atoms with van der Waals surface area (Å²) >= 11 is 0. The molecule has 1 nitrogen and oxygen atoms in total. The summed E-state index contributed by atoms with van der Waals surface area (Å²) in [5.41, 5.74) is -1.21. The SMILES string of the molecule is OCCCC#Cc1ccc(F)c(C(F)(F)F)c1. The molecule has 0 bridgehead atoms. The van der Waals surface area contributed by atoms with Gasteiger partial charge in [0.25, 0.3) is 0 Å². The van der Waals surface area contributed by atoms with Gasteiger partial charge in [-0.05, 0) is 24.6 Å². The minimum absolute atomic E-state index is 0.0219. The Kier molecular flexibility index (Phi) is 4.53. The molecule has 0 saturated carbocycles. The van der Waals surface area contributed by atoms with Crippen molar-refractivity contribution in [3.8, 4) is 11.8 Å². The highest BCUT2D eigenvalue weighted by Gasteiger charge is 2.34. The molecule has 0 aliphatic carbocycles. The fourth-order valence-corrected chi connectivity index (χ4v) is 1.15. The summed E-state index contributed by atoms with van der Waals surface area (Å²) in [5.74, 6) is 3.79. The van der Waals surface area contributed by atoms with Crippen LogP contribution in [0.2, 0.25) is 0 Å². The normalized spacial score (nSPS) is 10.9. The zero-order valence-electron chi connectivity index (χ0n) is 8.81. The average Bonchev–Trinajstić information content (AvgIpc) is 2.25. The fourth-order valence-electron chi connectivity index (χ4n) is 1.15. The van der Waals surface area contributed by atoms with E-state index >= 15 is 0 Å². The molecule has 1 aromatic carbocycles. The van der Waals surface area contributed by atoms with Crippen LogP contribution < -0.4 is 0 Å². The van der Waals surface area contributed by atoms with Gasteiger partial charge in [0.15, 0.2) is 0 Å². The van der Waals surface area contributed by atoms with E-state index in [2.05, 4.69) is 11.8 Å². The van der Waals surface area contributed by atoms with Crippen molar-refractivity contribution in [1.82, 2.24) is 0 Å². The number of aliphatic hydroxyl groups is 1. The van der Waals surface area contributed by atoms with Gasteiger partial charge < -0.3 is 5.11 Å². The first-order valence-corrected chi connectivity index (χ1v) is 4.91. The van der Waals surface area contributed by atoms with Gasteiger partial charge in [0.05, 0.1) is 5.56 Å². The monoisotopic (exact) mass is 246 g/mol. The van der Waals surface area contributed by atoms with Crippen LogP contribution in [0.1, 0.15) is 24.0 Å². The third kappa shape index (κ3) is 4.08. The molecule has 0 aliphatic rings. The fraction of sp³-hybridized carbons (Fsp3) is 0.333. The number of benzene rings is 1. The van der Waals surface area contributed by atoms with Crippen LogP contribution in [0.15, 0.2) is 18.2 Å². The first kappa shape index (κ1) is 13.5. The average molecular weight is 246 g/mol. The minimum Gasteiger partial charge on any atom is -0.396 e. The van der Waals surface area contributed by atoms with Crippen molar-refractivity contribution in [2.24, 2.45) is 0 Å². The summed E-state index contributed by atoms with van der Waals surface area (Å²) in [6.07, 6.45) is -3.87. The van der Waals surface area contributed by atoms with Gasteiger partial charge in [0.2, 0.25) is 0 Å². The van der Waals surface area contributed by atoms with Crippen LogP contribution >= 0.6 is 0 Å². The van der Waals surface area contributed by atoms with E-state index < -0.39 is 17.6 Å². The molecule has 1 rings (SSSR count). The quantitative estimate of drug-likeness (QED) is 0.483. The Morgan fingerprint density at radius 1 is 1.24 bits per heavy atom. The van der Waals surface area contributed by atoms with E-state index in [1.807, 2.05) is 0 Å². The smallest absolute Gasteiger partial charge is 0.396 e. The first-order valence-electron chi connectivity index (χ1n) is 4.91. The van der Waals surface area contributed by atoms with E-state index in [-0.39, 0.29) is 12.2 Å². The van der Waals surface area contributed by atoms with Crippen molar-refractivity contribution < 1.29 is 22.7 Å². The van der Waals surface area contributed by atoms with Gasteiger partial charge in [-0.2, -0.15) is 13.2 Å². The van der Waals surface area contributed by atoms with Gasteiger partial charge in [-0.3, -0.25) is 0 Å². The number of aliphatic hydroxyl groups excluding tert-OH is 1. The van der Waals surface area contributed by atoms with Crippen LogP contribution in [-0.4, -0.2) is 11.7 Å². The van der Waals surface area contributed by atoms with Crippen LogP contribution in [-0.2, 0) is 6.18 Å². The Labute approximate surface area is 96.1 Å². The largest absolute Gasteiger partial charge is 0.419 e. The van der Waals surface area contributed by atoms with Crippen LogP contribution in [0.4, 0.5) is 17.6 Å². The highest BCUT2D eigenvalue weighted by atomic mass is 19.4. The van der Waals surface area contributed by atoms with Crippen molar-refractivity contribution in [3.05, 3.63) is 35.1 Å². The third-order valence-electron chi connectivity index (χ3n) is 1.96. The second-order valence-electron chi connectivity index (χ2n) is 3.32. The van der Waals surface area contributed by atoms with E-state index in [9.17, 15) is 17.6 Å². The molecule has 1 N–H and O–H groups in total. The molecule has 0 amide bonds. The Balaban J connectivity index is 2.92. The second-order valence-corrected chi connectivity index (χ2v) is 3.32. The van der Waals surface area contributed by atoms with Gasteiger partial charge in [-0.1, -0.05) is 11.8 Å². The maximum atomic E-state index is 12.9. The molecule has 0 unspecified atom stereocenters. The Hall–Kier alpha value is -1.54. The third-order valence-corrected chi connectivity index (χ3v) is 1.96. The van der Waals surface area contributed by atoms with Gasteiger partial charge >= 0.3 is 6.18 Å². The van der Waals surface area contributed by atoms with Crippen molar-refractivity contribution in [2.45, 2.75) is 19.0 Å². The predicted octanol–water partition coefficient (Wildman–Crippen LogP) is 2.97. The van der Waals surface area contributed by atoms with Crippen LogP contribution in [0, 0.1) is 17.7 Å². The van der Waals surface area contributed by atoms with E-state index in [1.165, 1.54) is 6.07 Å². The highest BCUT2D eigenvalue weighted by Crippen LogP contribution is 2.31. The van der Waals surface area contributed by atoms with Gasteiger partial charge in [0.1, 0.15) is 5.82 Å². The first-order chi connectivity index (χ1) is 7.95. The minimum atomic E-state index is -4.72. The molecule has 0 aromatic heterocycles. The Morgan fingerprint density at radius 2 is 1.94 bits per heavy atom. The summed E-state index contributed by atoms with van der Waals surface area (Å²) in [7, 11) is 0. The molecule has 0 heterocycles. The van der Waals surface area contributed by atoms with Crippen LogP contribution in [0.3, 0.4) is 0 Å². The number of hydrogen-bond donors (Lipinski definition) is 1. The summed E-state index contributed by atoms with van der Waals surface area (Å²) < 4.78 is 50.0. The number of hydrogen-bond acceptors (Lipinski definition) is 1. The summed E-state index contributed by atoms with van der Waals surface area (Å²) in [4.78, 5) is 0. The molecule has 0 spiro atoms. The molecular formula is C12H10F4O. The molecule has 1 aromatic rings. The van der Waals surface area contributed by atoms with Gasteiger partial charge in [-0.15, -0.1) is 0 Å². The maximum absolute atomic E-state index is 12.9. The van der Waals surface area contributed by atoms with E-state index in [0.29, 0.717) is 18.9 Å². The van der Waals surface area contributed by atoms with E-state index in [1.54, 1.807) is 0 Å². The lowest BCUT2D eigenvalue weighted by atomic mass is 10.1. The van der Waals surface area contributed by atoms with E-state index in [4.69, 9.17) is 5.11 Å². The maximum Gasteiger partial charge on any atom is 0.419 e. The number of halogens is 4. The lowest BCUT2D eigenvalue weighted by Gasteiger charge is -2.07. The molecule has 17 heavy (non-hydrogen) atoms. The number of unbranched alkanes of at least 4 members (excludes halogenated alkanes) is 1. The Bertz CT molecular complexity index is 440. The van der Waals surface area contributed by atoms with E-state index in [0.717, 1.165) is 6.07 Å². The van der Waals surface area contributed by atoms with Crippen molar-refractivity contribution in [2.75, 3.05) is 6.61 Å². The molecule has 5 heteroatoms. The standard InChI is InChI=1S/C12H10F4O/c13-11-6-5-9(4-2-1-3-7-17)8-10(11)12(14,15)16/h5-6,8,17H,1,3,7H2. The zero-order chi connectivity index (χ0) is 12.9. The highest BCUT2D eigenvalue weighted by molar-refractivity contribution is 5.38. The zero-order valence-corrected chi connectivity index (χ0v) is 8.81. The topological polar surface area (TPSA) is 20.2 Å². The molecule has 0 fully saturated rings. The van der Waals surface area contributed by atoms with Crippen LogP contribution in [0.25, 0.3) is 0 Å². The van der Waals surface area contributed by atoms with Crippen molar-refractivity contribution in [1.29, 1.82) is 0 Å². The summed E-state index contributed by atoms with van der Waals surface area (Å²) in [5, 5.41) is 8.48.